The lowest BCUT2D eigenvalue weighted by atomic mass is 10.1. The Hall–Kier alpha value is -2.40. The average Bonchev–Trinajstić information content (AvgIpc) is 2.87. The van der Waals surface area contributed by atoms with Crippen molar-refractivity contribution in [1.82, 2.24) is 4.98 Å². The molecule has 0 saturated heterocycles. The van der Waals surface area contributed by atoms with Gasteiger partial charge in [0, 0.05) is 26.7 Å². The van der Waals surface area contributed by atoms with Crippen LogP contribution < -0.4 is 4.74 Å². The Kier molecular flexibility index (Phi) is 4.06. The van der Waals surface area contributed by atoms with Crippen LogP contribution in [0.2, 0.25) is 0 Å². The van der Waals surface area contributed by atoms with Crippen LogP contribution in [-0.2, 0) is 11.3 Å². The normalized spacial score (nSPS) is 10.6. The molecule has 1 aromatic carbocycles. The number of hydrogen-bond donors (Lipinski definition) is 0. The van der Waals surface area contributed by atoms with Crippen molar-refractivity contribution in [2.75, 3.05) is 7.11 Å². The van der Waals surface area contributed by atoms with E-state index in [1.54, 1.807) is 29.8 Å². The van der Waals surface area contributed by atoms with Gasteiger partial charge in [-0.25, -0.2) is 4.79 Å². The van der Waals surface area contributed by atoms with Gasteiger partial charge in [-0.3, -0.25) is 4.98 Å². The number of thiophene rings is 1. The summed E-state index contributed by atoms with van der Waals surface area (Å²) in [5.74, 6) is 0.398. The summed E-state index contributed by atoms with van der Waals surface area (Å²) in [7, 11) is 1.39. The van der Waals surface area contributed by atoms with Gasteiger partial charge in [0.1, 0.15) is 12.4 Å². The number of carbonyl (C=O) groups excluding carboxylic acids is 1. The Labute approximate surface area is 132 Å². The molecule has 0 bridgehead atoms. The largest absolute Gasteiger partial charge is 0.487 e. The SMILES string of the molecule is COC(=O)c1ccc2sc(C)c(COc3cccnc3)c2c1. The molecule has 3 aromatic rings. The lowest BCUT2D eigenvalue weighted by molar-refractivity contribution is 0.0601. The molecule has 2 heterocycles. The highest BCUT2D eigenvalue weighted by molar-refractivity contribution is 7.19. The summed E-state index contributed by atoms with van der Waals surface area (Å²) in [4.78, 5) is 16.9. The van der Waals surface area contributed by atoms with Crippen molar-refractivity contribution in [3.05, 3.63) is 58.7 Å². The van der Waals surface area contributed by atoms with Gasteiger partial charge in [-0.15, -0.1) is 11.3 Å². The molecular formula is C17H15NO3S. The summed E-state index contributed by atoms with van der Waals surface area (Å²) in [6, 6.07) is 9.31. The van der Waals surface area contributed by atoms with E-state index < -0.39 is 0 Å². The first kappa shape index (κ1) is 14.5. The quantitative estimate of drug-likeness (QED) is 0.684. The highest BCUT2D eigenvalue weighted by Gasteiger charge is 2.13. The van der Waals surface area contributed by atoms with Crippen molar-refractivity contribution < 1.29 is 14.3 Å². The molecule has 0 fully saturated rings. The number of methoxy groups -OCH3 is 1. The van der Waals surface area contributed by atoms with E-state index in [0.29, 0.717) is 12.2 Å². The lowest BCUT2D eigenvalue weighted by Gasteiger charge is -2.06. The number of benzene rings is 1. The molecule has 0 amide bonds. The minimum absolute atomic E-state index is 0.329. The first-order chi connectivity index (χ1) is 10.7. The van der Waals surface area contributed by atoms with E-state index >= 15 is 0 Å². The third-order valence-electron chi connectivity index (χ3n) is 3.43. The fraction of sp³-hybridized carbons (Fsp3) is 0.176. The van der Waals surface area contributed by atoms with E-state index in [1.165, 1.54) is 12.0 Å². The molecule has 3 rings (SSSR count). The zero-order valence-corrected chi connectivity index (χ0v) is 13.1. The number of aryl methyl sites for hydroxylation is 1. The van der Waals surface area contributed by atoms with Crippen LogP contribution in [-0.4, -0.2) is 18.1 Å². The zero-order valence-electron chi connectivity index (χ0n) is 12.3. The summed E-state index contributed by atoms with van der Waals surface area (Å²) in [6.45, 7) is 2.51. The molecule has 0 N–H and O–H groups in total. The minimum atomic E-state index is -0.329. The molecule has 0 aliphatic rings. The Morgan fingerprint density at radius 1 is 1.32 bits per heavy atom. The van der Waals surface area contributed by atoms with Crippen molar-refractivity contribution in [2.24, 2.45) is 0 Å². The standard InChI is InChI=1S/C17H15NO3S/c1-11-15(10-21-13-4-3-7-18-9-13)14-8-12(17(19)20-2)5-6-16(14)22-11/h3-9H,10H2,1-2H3. The maximum absolute atomic E-state index is 11.7. The zero-order chi connectivity index (χ0) is 15.5. The number of fused-ring (bicyclic) bond motifs is 1. The second-order valence-corrected chi connectivity index (χ2v) is 6.07. The van der Waals surface area contributed by atoms with Gasteiger partial charge < -0.3 is 9.47 Å². The number of ether oxygens (including phenoxy) is 2. The van der Waals surface area contributed by atoms with E-state index in [-0.39, 0.29) is 5.97 Å². The van der Waals surface area contributed by atoms with Crippen LogP contribution in [0.1, 0.15) is 20.8 Å². The highest BCUT2D eigenvalue weighted by Crippen LogP contribution is 2.32. The first-order valence-corrected chi connectivity index (χ1v) is 7.64. The van der Waals surface area contributed by atoms with Crippen molar-refractivity contribution >= 4 is 27.4 Å². The smallest absolute Gasteiger partial charge is 0.337 e. The average molecular weight is 313 g/mol. The number of rotatable bonds is 4. The van der Waals surface area contributed by atoms with Gasteiger partial charge in [-0.2, -0.15) is 0 Å². The molecule has 5 heteroatoms. The molecular weight excluding hydrogens is 298 g/mol. The fourth-order valence-electron chi connectivity index (χ4n) is 2.28. The van der Waals surface area contributed by atoms with E-state index in [9.17, 15) is 4.79 Å². The van der Waals surface area contributed by atoms with Crippen LogP contribution in [0.3, 0.4) is 0 Å². The van der Waals surface area contributed by atoms with Crippen LogP contribution in [0.4, 0.5) is 0 Å². The van der Waals surface area contributed by atoms with Crippen LogP contribution in [0, 0.1) is 6.92 Å². The van der Waals surface area contributed by atoms with Crippen molar-refractivity contribution in [2.45, 2.75) is 13.5 Å². The molecule has 22 heavy (non-hydrogen) atoms. The Morgan fingerprint density at radius 2 is 2.18 bits per heavy atom. The second kappa shape index (κ2) is 6.15. The number of pyridine rings is 1. The topological polar surface area (TPSA) is 48.4 Å². The second-order valence-electron chi connectivity index (χ2n) is 4.82. The number of carbonyl (C=O) groups is 1. The van der Waals surface area contributed by atoms with Crippen molar-refractivity contribution in [1.29, 1.82) is 0 Å². The minimum Gasteiger partial charge on any atom is -0.487 e. The summed E-state index contributed by atoms with van der Waals surface area (Å²) >= 11 is 1.69. The molecule has 0 aliphatic heterocycles. The molecule has 112 valence electrons. The molecule has 0 saturated carbocycles. The fourth-order valence-corrected chi connectivity index (χ4v) is 3.33. The molecule has 0 radical (unpaired) electrons. The Morgan fingerprint density at radius 3 is 2.91 bits per heavy atom. The number of hydrogen-bond acceptors (Lipinski definition) is 5. The molecule has 0 aliphatic carbocycles. The lowest BCUT2D eigenvalue weighted by Crippen LogP contribution is -2.01. The Balaban J connectivity index is 1.94. The van der Waals surface area contributed by atoms with Gasteiger partial charge in [-0.1, -0.05) is 0 Å². The Bertz CT molecular complexity index is 811. The number of esters is 1. The number of nitrogens with zero attached hydrogens (tertiary/aromatic N) is 1. The van der Waals surface area contributed by atoms with Gasteiger partial charge in [0.2, 0.25) is 0 Å². The van der Waals surface area contributed by atoms with Crippen molar-refractivity contribution in [3.8, 4) is 5.75 Å². The summed E-state index contributed by atoms with van der Waals surface area (Å²) < 4.78 is 11.7. The third kappa shape index (κ3) is 2.80. The summed E-state index contributed by atoms with van der Waals surface area (Å²) in [6.07, 6.45) is 3.39. The van der Waals surface area contributed by atoms with E-state index in [1.807, 2.05) is 24.3 Å². The van der Waals surface area contributed by atoms with Gasteiger partial charge >= 0.3 is 5.97 Å². The monoisotopic (exact) mass is 313 g/mol. The maximum atomic E-state index is 11.7. The predicted octanol–water partition coefficient (Wildman–Crippen LogP) is 3.97. The number of aromatic nitrogens is 1. The van der Waals surface area contributed by atoms with E-state index in [0.717, 1.165) is 21.4 Å². The van der Waals surface area contributed by atoms with Gasteiger partial charge in [-0.05, 0) is 37.3 Å². The molecule has 2 aromatic heterocycles. The van der Waals surface area contributed by atoms with Gasteiger partial charge in [0.05, 0.1) is 18.9 Å². The van der Waals surface area contributed by atoms with E-state index in [2.05, 4.69) is 11.9 Å². The molecule has 0 atom stereocenters. The maximum Gasteiger partial charge on any atom is 0.337 e. The van der Waals surface area contributed by atoms with E-state index in [4.69, 9.17) is 9.47 Å². The van der Waals surface area contributed by atoms with Gasteiger partial charge in [0.15, 0.2) is 0 Å². The highest BCUT2D eigenvalue weighted by atomic mass is 32.1. The van der Waals surface area contributed by atoms with Gasteiger partial charge in [0.25, 0.3) is 0 Å². The molecule has 4 nitrogen and oxygen atoms in total. The third-order valence-corrected chi connectivity index (χ3v) is 4.56. The first-order valence-electron chi connectivity index (χ1n) is 6.82. The van der Waals surface area contributed by atoms with Crippen LogP contribution >= 0.6 is 11.3 Å². The predicted molar refractivity (Wildman–Crippen MR) is 86.5 cm³/mol. The van der Waals surface area contributed by atoms with Crippen molar-refractivity contribution in [3.63, 3.8) is 0 Å². The molecule has 0 unspecified atom stereocenters. The summed E-state index contributed by atoms with van der Waals surface area (Å²) in [5, 5.41) is 1.04. The van der Waals surface area contributed by atoms with Crippen LogP contribution in [0.5, 0.6) is 5.75 Å². The van der Waals surface area contributed by atoms with Crippen LogP contribution in [0.25, 0.3) is 10.1 Å². The molecule has 0 spiro atoms. The van der Waals surface area contributed by atoms with Crippen LogP contribution in [0.15, 0.2) is 42.7 Å². The summed E-state index contributed by atoms with van der Waals surface area (Å²) in [5.41, 5.74) is 1.64.